The molecule has 0 aromatic rings. The number of nitrogens with one attached hydrogen (secondary N) is 2. The van der Waals surface area contributed by atoms with Gasteiger partial charge in [-0.05, 0) is 26.7 Å². The van der Waals surface area contributed by atoms with Crippen molar-refractivity contribution in [3.63, 3.8) is 0 Å². The molecule has 0 saturated carbocycles. The third-order valence-corrected chi connectivity index (χ3v) is 3.53. The molecular formula is C18H32N2O6. The van der Waals surface area contributed by atoms with E-state index in [9.17, 15) is 19.2 Å². The number of ether oxygens (including phenoxy) is 2. The van der Waals surface area contributed by atoms with Crippen molar-refractivity contribution in [2.75, 3.05) is 26.3 Å². The quantitative estimate of drug-likeness (QED) is 0.333. The summed E-state index contributed by atoms with van der Waals surface area (Å²) in [4.78, 5) is 45.2. The van der Waals surface area contributed by atoms with Crippen LogP contribution in [0.1, 0.15) is 65.2 Å². The molecule has 8 nitrogen and oxygen atoms in total. The number of hydrogen-bond donors (Lipinski definition) is 2. The van der Waals surface area contributed by atoms with Gasteiger partial charge in [-0.2, -0.15) is 0 Å². The third kappa shape index (κ3) is 15.4. The van der Waals surface area contributed by atoms with Crippen LogP contribution in [-0.2, 0) is 28.7 Å². The van der Waals surface area contributed by atoms with Crippen LogP contribution < -0.4 is 10.6 Å². The summed E-state index contributed by atoms with van der Waals surface area (Å²) in [6.07, 6.45) is 6.20. The minimum absolute atomic E-state index is 0.0785. The van der Waals surface area contributed by atoms with Crippen molar-refractivity contribution >= 4 is 23.8 Å². The summed E-state index contributed by atoms with van der Waals surface area (Å²) in [5, 5.41) is 5.06. The minimum atomic E-state index is -0.424. The Labute approximate surface area is 155 Å². The van der Waals surface area contributed by atoms with Crippen molar-refractivity contribution in [1.29, 1.82) is 0 Å². The number of unbranched alkanes of at least 4 members (excludes halogenated alkanes) is 5. The van der Waals surface area contributed by atoms with Crippen LogP contribution in [-0.4, -0.2) is 50.1 Å². The van der Waals surface area contributed by atoms with Gasteiger partial charge >= 0.3 is 11.9 Å². The van der Waals surface area contributed by atoms with E-state index in [4.69, 9.17) is 9.47 Å². The lowest BCUT2D eigenvalue weighted by Gasteiger charge is -2.06. The van der Waals surface area contributed by atoms with Crippen molar-refractivity contribution < 1.29 is 28.7 Å². The fourth-order valence-corrected chi connectivity index (χ4v) is 2.22. The second-order valence-electron chi connectivity index (χ2n) is 5.78. The molecule has 2 amide bonds. The van der Waals surface area contributed by atoms with Gasteiger partial charge in [-0.3, -0.25) is 19.2 Å². The maximum atomic E-state index is 11.5. The maximum absolute atomic E-state index is 11.5. The first-order chi connectivity index (χ1) is 12.5. The molecule has 2 N–H and O–H groups in total. The van der Waals surface area contributed by atoms with E-state index in [0.717, 1.165) is 38.5 Å². The Kier molecular flexibility index (Phi) is 15.0. The van der Waals surface area contributed by atoms with E-state index in [2.05, 4.69) is 10.6 Å². The second-order valence-corrected chi connectivity index (χ2v) is 5.78. The monoisotopic (exact) mass is 372 g/mol. The standard InChI is InChI=1S/C18H32N2O6/c1-3-25-17(23)13-19-15(21)11-9-7-5-6-8-10-12-16(22)20-14-18(24)26-4-2/h3-14H2,1-2H3,(H,19,21)(H,20,22). The smallest absolute Gasteiger partial charge is 0.325 e. The first-order valence-corrected chi connectivity index (χ1v) is 9.34. The minimum Gasteiger partial charge on any atom is -0.465 e. The summed E-state index contributed by atoms with van der Waals surface area (Å²) >= 11 is 0. The molecule has 150 valence electrons. The fraction of sp³-hybridized carbons (Fsp3) is 0.778. The predicted molar refractivity (Wildman–Crippen MR) is 96.2 cm³/mol. The highest BCUT2D eigenvalue weighted by Gasteiger charge is 2.07. The van der Waals surface area contributed by atoms with Crippen LogP contribution in [0.3, 0.4) is 0 Å². The number of carbonyl (C=O) groups excluding carboxylic acids is 4. The van der Waals surface area contributed by atoms with E-state index in [1.807, 2.05) is 0 Å². The average molecular weight is 372 g/mol. The summed E-state index contributed by atoms with van der Waals surface area (Å²) in [7, 11) is 0. The SMILES string of the molecule is CCOC(=O)CNC(=O)CCCCCCCCC(=O)NCC(=O)OCC. The Hall–Kier alpha value is -2.12. The molecule has 0 heterocycles. The lowest BCUT2D eigenvalue weighted by molar-refractivity contribution is -0.143. The molecule has 0 aliphatic heterocycles. The maximum Gasteiger partial charge on any atom is 0.325 e. The van der Waals surface area contributed by atoms with E-state index < -0.39 is 11.9 Å². The number of hydrogen-bond acceptors (Lipinski definition) is 6. The van der Waals surface area contributed by atoms with Crippen LogP contribution in [0.2, 0.25) is 0 Å². The van der Waals surface area contributed by atoms with Crippen LogP contribution in [0.5, 0.6) is 0 Å². The van der Waals surface area contributed by atoms with E-state index in [1.54, 1.807) is 13.8 Å². The predicted octanol–water partition coefficient (Wildman–Crippen LogP) is 1.47. The van der Waals surface area contributed by atoms with Gasteiger partial charge in [-0.25, -0.2) is 0 Å². The molecular weight excluding hydrogens is 340 g/mol. The van der Waals surface area contributed by atoms with Crippen LogP contribution in [0.15, 0.2) is 0 Å². The van der Waals surface area contributed by atoms with E-state index in [-0.39, 0.29) is 24.9 Å². The molecule has 0 rings (SSSR count). The Morgan fingerprint density at radius 3 is 1.31 bits per heavy atom. The van der Waals surface area contributed by atoms with Gasteiger partial charge in [0, 0.05) is 12.8 Å². The fourth-order valence-electron chi connectivity index (χ4n) is 2.22. The van der Waals surface area contributed by atoms with Gasteiger partial charge in [-0.1, -0.05) is 25.7 Å². The second kappa shape index (κ2) is 16.4. The number of carbonyl (C=O) groups is 4. The number of esters is 2. The van der Waals surface area contributed by atoms with E-state index in [1.165, 1.54) is 0 Å². The molecule has 0 radical (unpaired) electrons. The molecule has 0 aromatic heterocycles. The summed E-state index contributed by atoms with van der Waals surface area (Å²) in [5.74, 6) is -1.13. The summed E-state index contributed by atoms with van der Waals surface area (Å²) in [6.45, 7) is 3.89. The van der Waals surface area contributed by atoms with Crippen molar-refractivity contribution in [3.05, 3.63) is 0 Å². The normalized spacial score (nSPS) is 10.1. The van der Waals surface area contributed by atoms with Crippen LogP contribution in [0, 0.1) is 0 Å². The van der Waals surface area contributed by atoms with Crippen molar-refractivity contribution in [2.45, 2.75) is 65.2 Å². The van der Waals surface area contributed by atoms with Gasteiger partial charge < -0.3 is 20.1 Å². The summed E-state index contributed by atoms with van der Waals surface area (Å²) < 4.78 is 9.44. The average Bonchev–Trinajstić information content (AvgIpc) is 2.61. The summed E-state index contributed by atoms with van der Waals surface area (Å²) in [5.41, 5.74) is 0. The first-order valence-electron chi connectivity index (χ1n) is 9.34. The van der Waals surface area contributed by atoms with Gasteiger partial charge in [0.15, 0.2) is 0 Å². The molecule has 0 unspecified atom stereocenters. The molecule has 26 heavy (non-hydrogen) atoms. The molecule has 0 saturated heterocycles. The van der Waals surface area contributed by atoms with Crippen LogP contribution >= 0.6 is 0 Å². The first kappa shape index (κ1) is 23.9. The third-order valence-electron chi connectivity index (χ3n) is 3.53. The van der Waals surface area contributed by atoms with Gasteiger partial charge in [0.25, 0.3) is 0 Å². The highest BCUT2D eigenvalue weighted by atomic mass is 16.5. The Morgan fingerprint density at radius 1 is 0.615 bits per heavy atom. The lowest BCUT2D eigenvalue weighted by atomic mass is 10.1. The zero-order valence-electron chi connectivity index (χ0n) is 15.9. The topological polar surface area (TPSA) is 111 Å². The highest BCUT2D eigenvalue weighted by molar-refractivity contribution is 5.82. The lowest BCUT2D eigenvalue weighted by Crippen LogP contribution is -2.30. The summed E-state index contributed by atoms with van der Waals surface area (Å²) in [6, 6.07) is 0. The zero-order valence-corrected chi connectivity index (χ0v) is 15.9. The van der Waals surface area contributed by atoms with Crippen molar-refractivity contribution in [1.82, 2.24) is 10.6 Å². The highest BCUT2D eigenvalue weighted by Crippen LogP contribution is 2.08. The van der Waals surface area contributed by atoms with Gasteiger partial charge in [0.2, 0.25) is 11.8 Å². The van der Waals surface area contributed by atoms with E-state index >= 15 is 0 Å². The van der Waals surface area contributed by atoms with Gasteiger partial charge in [0.1, 0.15) is 13.1 Å². The number of amides is 2. The largest absolute Gasteiger partial charge is 0.465 e. The molecule has 0 bridgehead atoms. The van der Waals surface area contributed by atoms with E-state index in [0.29, 0.717) is 26.1 Å². The molecule has 0 fully saturated rings. The Bertz CT molecular complexity index is 399. The molecule has 0 aromatic carbocycles. The molecule has 0 aliphatic rings. The van der Waals surface area contributed by atoms with Crippen molar-refractivity contribution in [2.24, 2.45) is 0 Å². The number of rotatable bonds is 15. The van der Waals surface area contributed by atoms with Crippen LogP contribution in [0.4, 0.5) is 0 Å². The Balaban J connectivity index is 3.42. The van der Waals surface area contributed by atoms with Gasteiger partial charge in [0.05, 0.1) is 13.2 Å². The molecule has 0 spiro atoms. The molecule has 0 atom stereocenters. The molecule has 8 heteroatoms. The zero-order chi connectivity index (χ0) is 19.6. The van der Waals surface area contributed by atoms with Crippen LogP contribution in [0.25, 0.3) is 0 Å². The Morgan fingerprint density at radius 2 is 0.962 bits per heavy atom. The molecule has 0 aliphatic carbocycles. The van der Waals surface area contributed by atoms with Crippen molar-refractivity contribution in [3.8, 4) is 0 Å². The van der Waals surface area contributed by atoms with Gasteiger partial charge in [-0.15, -0.1) is 0 Å².